The number of carbonyl (C=O) groups is 1. The van der Waals surface area contributed by atoms with E-state index in [2.05, 4.69) is 20.6 Å². The SMILES string of the molecule is CCOC(=O)c1ccc(Nc2cc(NC3CCCCC3)ncn2)cc1. The summed E-state index contributed by atoms with van der Waals surface area (Å²) in [5.41, 5.74) is 1.39. The van der Waals surface area contributed by atoms with E-state index in [4.69, 9.17) is 4.74 Å². The molecule has 1 aliphatic rings. The first kappa shape index (κ1) is 17.2. The molecule has 0 amide bonds. The van der Waals surface area contributed by atoms with Gasteiger partial charge in [0, 0.05) is 17.8 Å². The Bertz CT molecular complexity index is 697. The molecule has 1 fully saturated rings. The Hall–Kier alpha value is -2.63. The molecule has 0 bridgehead atoms. The maximum atomic E-state index is 11.7. The standard InChI is InChI=1S/C19H24N4O2/c1-2-25-19(24)14-8-10-16(11-9-14)23-18-12-17(20-13-21-18)22-15-6-4-3-5-7-15/h8-13,15H,2-7H2,1H3,(H2,20,21,22,23). The lowest BCUT2D eigenvalue weighted by molar-refractivity contribution is 0.0526. The second-order valence-electron chi connectivity index (χ2n) is 6.19. The zero-order valence-corrected chi connectivity index (χ0v) is 14.5. The van der Waals surface area contributed by atoms with Crippen LogP contribution in [-0.4, -0.2) is 28.6 Å². The highest BCUT2D eigenvalue weighted by Gasteiger charge is 2.13. The molecule has 0 atom stereocenters. The fourth-order valence-electron chi connectivity index (χ4n) is 3.01. The Balaban J connectivity index is 1.62. The first-order valence-electron chi connectivity index (χ1n) is 8.87. The molecular weight excluding hydrogens is 316 g/mol. The molecule has 1 heterocycles. The predicted molar refractivity (Wildman–Crippen MR) is 98.2 cm³/mol. The average Bonchev–Trinajstić information content (AvgIpc) is 2.64. The van der Waals surface area contributed by atoms with Crippen LogP contribution in [0, 0.1) is 0 Å². The van der Waals surface area contributed by atoms with Crippen LogP contribution in [0.4, 0.5) is 17.3 Å². The van der Waals surface area contributed by atoms with Crippen molar-refractivity contribution in [2.24, 2.45) is 0 Å². The number of anilines is 3. The minimum Gasteiger partial charge on any atom is -0.462 e. The molecule has 0 unspecified atom stereocenters. The lowest BCUT2D eigenvalue weighted by Crippen LogP contribution is -2.22. The summed E-state index contributed by atoms with van der Waals surface area (Å²) in [6.45, 7) is 2.17. The molecule has 3 rings (SSSR count). The van der Waals surface area contributed by atoms with Crippen molar-refractivity contribution in [2.45, 2.75) is 45.1 Å². The molecule has 6 nitrogen and oxygen atoms in total. The van der Waals surface area contributed by atoms with Gasteiger partial charge < -0.3 is 15.4 Å². The highest BCUT2D eigenvalue weighted by atomic mass is 16.5. The van der Waals surface area contributed by atoms with Crippen LogP contribution >= 0.6 is 0 Å². The van der Waals surface area contributed by atoms with E-state index in [0.717, 1.165) is 17.3 Å². The number of nitrogens with zero attached hydrogens (tertiary/aromatic N) is 2. The second kappa shape index (κ2) is 8.46. The number of benzene rings is 1. The van der Waals surface area contributed by atoms with E-state index in [-0.39, 0.29) is 5.97 Å². The van der Waals surface area contributed by atoms with Gasteiger partial charge in [-0.1, -0.05) is 19.3 Å². The molecule has 0 saturated heterocycles. The molecule has 1 saturated carbocycles. The van der Waals surface area contributed by atoms with E-state index in [1.807, 2.05) is 18.2 Å². The molecule has 2 N–H and O–H groups in total. The quantitative estimate of drug-likeness (QED) is 0.770. The Labute approximate surface area is 148 Å². The summed E-state index contributed by atoms with van der Waals surface area (Å²) < 4.78 is 4.99. The van der Waals surface area contributed by atoms with E-state index < -0.39 is 0 Å². The predicted octanol–water partition coefficient (Wildman–Crippen LogP) is 4.14. The maximum absolute atomic E-state index is 11.7. The van der Waals surface area contributed by atoms with Crippen LogP contribution in [0.3, 0.4) is 0 Å². The van der Waals surface area contributed by atoms with E-state index in [1.54, 1.807) is 25.4 Å². The lowest BCUT2D eigenvalue weighted by Gasteiger charge is -2.23. The third-order valence-electron chi connectivity index (χ3n) is 4.29. The van der Waals surface area contributed by atoms with Crippen LogP contribution < -0.4 is 10.6 Å². The number of aromatic nitrogens is 2. The Kier molecular flexibility index (Phi) is 5.82. The second-order valence-corrected chi connectivity index (χ2v) is 6.19. The lowest BCUT2D eigenvalue weighted by atomic mass is 9.95. The van der Waals surface area contributed by atoms with Crippen molar-refractivity contribution in [3.05, 3.63) is 42.2 Å². The Morgan fingerprint density at radius 1 is 1.12 bits per heavy atom. The van der Waals surface area contributed by atoms with Gasteiger partial charge in [-0.25, -0.2) is 14.8 Å². The van der Waals surface area contributed by atoms with E-state index >= 15 is 0 Å². The van der Waals surface area contributed by atoms with Crippen molar-refractivity contribution >= 4 is 23.3 Å². The molecule has 1 aromatic heterocycles. The summed E-state index contributed by atoms with van der Waals surface area (Å²) in [4.78, 5) is 20.2. The van der Waals surface area contributed by atoms with Crippen LogP contribution in [0.2, 0.25) is 0 Å². The summed E-state index contributed by atoms with van der Waals surface area (Å²) in [7, 11) is 0. The highest BCUT2D eigenvalue weighted by Crippen LogP contribution is 2.22. The van der Waals surface area contributed by atoms with Gasteiger partial charge in [-0.3, -0.25) is 0 Å². The van der Waals surface area contributed by atoms with Gasteiger partial charge in [0.15, 0.2) is 0 Å². The number of nitrogens with one attached hydrogen (secondary N) is 2. The summed E-state index contributed by atoms with van der Waals surface area (Å²) in [5.74, 6) is 1.25. The summed E-state index contributed by atoms with van der Waals surface area (Å²) >= 11 is 0. The number of esters is 1. The third kappa shape index (κ3) is 4.92. The molecular formula is C19H24N4O2. The fourth-order valence-corrected chi connectivity index (χ4v) is 3.01. The number of hydrogen-bond acceptors (Lipinski definition) is 6. The molecule has 1 aliphatic carbocycles. The zero-order valence-electron chi connectivity index (χ0n) is 14.5. The van der Waals surface area contributed by atoms with Crippen molar-refractivity contribution in [3.8, 4) is 0 Å². The molecule has 2 aromatic rings. The number of carbonyl (C=O) groups excluding carboxylic acids is 1. The molecule has 25 heavy (non-hydrogen) atoms. The van der Waals surface area contributed by atoms with Crippen molar-refractivity contribution in [2.75, 3.05) is 17.2 Å². The normalized spacial score (nSPS) is 14.8. The van der Waals surface area contributed by atoms with Gasteiger partial charge in [-0.2, -0.15) is 0 Å². The van der Waals surface area contributed by atoms with Crippen molar-refractivity contribution in [3.63, 3.8) is 0 Å². The van der Waals surface area contributed by atoms with Gasteiger partial charge >= 0.3 is 5.97 Å². The molecule has 0 aliphatic heterocycles. The maximum Gasteiger partial charge on any atom is 0.338 e. The van der Waals surface area contributed by atoms with E-state index in [0.29, 0.717) is 18.2 Å². The average molecular weight is 340 g/mol. The van der Waals surface area contributed by atoms with Crippen LogP contribution in [0.25, 0.3) is 0 Å². The fraction of sp³-hybridized carbons (Fsp3) is 0.421. The number of ether oxygens (including phenoxy) is 1. The summed E-state index contributed by atoms with van der Waals surface area (Å²) in [5, 5.41) is 6.73. The highest BCUT2D eigenvalue weighted by molar-refractivity contribution is 5.89. The van der Waals surface area contributed by atoms with Crippen molar-refractivity contribution in [1.82, 2.24) is 9.97 Å². The first-order valence-corrected chi connectivity index (χ1v) is 8.87. The molecule has 1 aromatic carbocycles. The van der Waals surface area contributed by atoms with Gasteiger partial charge in [0.1, 0.15) is 18.0 Å². The molecule has 0 spiro atoms. The summed E-state index contributed by atoms with van der Waals surface area (Å²) in [6.07, 6.45) is 7.84. The van der Waals surface area contributed by atoms with Gasteiger partial charge in [0.05, 0.1) is 12.2 Å². The molecule has 132 valence electrons. The smallest absolute Gasteiger partial charge is 0.338 e. The molecule has 6 heteroatoms. The minimum atomic E-state index is -0.310. The largest absolute Gasteiger partial charge is 0.462 e. The van der Waals surface area contributed by atoms with Crippen LogP contribution in [0.5, 0.6) is 0 Å². The van der Waals surface area contributed by atoms with Gasteiger partial charge in [0.25, 0.3) is 0 Å². The first-order chi connectivity index (χ1) is 12.2. The number of rotatable bonds is 6. The minimum absolute atomic E-state index is 0.310. The van der Waals surface area contributed by atoms with Crippen molar-refractivity contribution < 1.29 is 9.53 Å². The van der Waals surface area contributed by atoms with Crippen LogP contribution in [-0.2, 0) is 4.74 Å². The molecule has 0 radical (unpaired) electrons. The topological polar surface area (TPSA) is 76.1 Å². The Morgan fingerprint density at radius 3 is 2.56 bits per heavy atom. The van der Waals surface area contributed by atoms with Crippen LogP contribution in [0.1, 0.15) is 49.4 Å². The Morgan fingerprint density at radius 2 is 1.84 bits per heavy atom. The van der Waals surface area contributed by atoms with Gasteiger partial charge in [-0.05, 0) is 44.0 Å². The van der Waals surface area contributed by atoms with Crippen molar-refractivity contribution in [1.29, 1.82) is 0 Å². The van der Waals surface area contributed by atoms with Gasteiger partial charge in [0.2, 0.25) is 0 Å². The van der Waals surface area contributed by atoms with E-state index in [1.165, 1.54) is 32.1 Å². The zero-order chi connectivity index (χ0) is 17.5. The third-order valence-corrected chi connectivity index (χ3v) is 4.29. The monoisotopic (exact) mass is 340 g/mol. The summed E-state index contributed by atoms with van der Waals surface area (Å²) in [6, 6.07) is 9.56. The van der Waals surface area contributed by atoms with Gasteiger partial charge in [-0.15, -0.1) is 0 Å². The van der Waals surface area contributed by atoms with E-state index in [9.17, 15) is 4.79 Å². The van der Waals surface area contributed by atoms with Crippen LogP contribution in [0.15, 0.2) is 36.7 Å². The number of hydrogen-bond donors (Lipinski definition) is 2.